The summed E-state index contributed by atoms with van der Waals surface area (Å²) in [5.74, 6) is 0.535. The van der Waals surface area contributed by atoms with Crippen LogP contribution in [0.1, 0.15) is 11.1 Å². The second-order valence-corrected chi connectivity index (χ2v) is 4.03. The van der Waals surface area contributed by atoms with E-state index in [0.29, 0.717) is 16.9 Å². The van der Waals surface area contributed by atoms with Crippen LogP contribution in [-0.2, 0) is 6.61 Å². The van der Waals surface area contributed by atoms with Crippen molar-refractivity contribution >= 4 is 17.2 Å². The number of hydrogen-bond acceptors (Lipinski definition) is 5. The van der Waals surface area contributed by atoms with Crippen LogP contribution < -0.4 is 11.1 Å². The summed E-state index contributed by atoms with van der Waals surface area (Å²) in [6.45, 7) is -0.0497. The number of nitrogens with one attached hydrogen (secondary N) is 2. The summed E-state index contributed by atoms with van der Waals surface area (Å²) >= 11 is 0. The second kappa shape index (κ2) is 6.08. The zero-order valence-corrected chi connectivity index (χ0v) is 10.4. The van der Waals surface area contributed by atoms with Gasteiger partial charge < -0.3 is 21.6 Å². The summed E-state index contributed by atoms with van der Waals surface area (Å²) in [5.41, 5.74) is 7.85. The normalized spacial score (nSPS) is 10.2. The average Bonchev–Trinajstić information content (AvgIpc) is 2.47. The zero-order chi connectivity index (χ0) is 13.7. The minimum atomic E-state index is -0.149. The van der Waals surface area contributed by atoms with Gasteiger partial charge in [-0.25, -0.2) is 4.98 Å². The predicted molar refractivity (Wildman–Crippen MR) is 75.8 cm³/mol. The highest BCUT2D eigenvalue weighted by molar-refractivity contribution is 6.05. The molecule has 5 heteroatoms. The van der Waals surface area contributed by atoms with Crippen LogP contribution >= 0.6 is 0 Å². The van der Waals surface area contributed by atoms with Crippen LogP contribution in [-0.4, -0.2) is 22.3 Å². The number of aromatic nitrogens is 1. The second-order valence-electron chi connectivity index (χ2n) is 4.03. The Morgan fingerprint density at radius 1 is 1.26 bits per heavy atom. The monoisotopic (exact) mass is 256 g/mol. The molecular weight excluding hydrogens is 240 g/mol. The minimum Gasteiger partial charge on any atom is -0.392 e. The molecular formula is C14H16N4O. The summed E-state index contributed by atoms with van der Waals surface area (Å²) in [7, 11) is 0. The highest BCUT2D eigenvalue weighted by atomic mass is 16.3. The Morgan fingerprint density at radius 2 is 2.00 bits per heavy atom. The van der Waals surface area contributed by atoms with Crippen molar-refractivity contribution in [3.8, 4) is 0 Å². The number of para-hydroxylation sites is 1. The SMILES string of the molecule is N=C(CN)c1c(CO)ccnc1Nc1ccccc1. The molecule has 0 aliphatic heterocycles. The molecule has 1 aromatic carbocycles. The largest absolute Gasteiger partial charge is 0.392 e. The lowest BCUT2D eigenvalue weighted by atomic mass is 10.0. The zero-order valence-electron chi connectivity index (χ0n) is 10.4. The molecule has 0 spiro atoms. The maximum atomic E-state index is 9.36. The summed E-state index contributed by atoms with van der Waals surface area (Å²) in [5, 5.41) is 20.4. The Bertz CT molecular complexity index is 569. The Labute approximate surface area is 111 Å². The van der Waals surface area contributed by atoms with E-state index >= 15 is 0 Å². The topological polar surface area (TPSA) is 95.0 Å². The number of hydrogen-bond donors (Lipinski definition) is 4. The number of aliphatic hydroxyl groups excluding tert-OH is 1. The van der Waals surface area contributed by atoms with Crippen LogP contribution in [0.25, 0.3) is 0 Å². The number of rotatable bonds is 5. The van der Waals surface area contributed by atoms with Gasteiger partial charge in [-0.05, 0) is 23.8 Å². The number of benzene rings is 1. The number of anilines is 2. The van der Waals surface area contributed by atoms with E-state index in [-0.39, 0.29) is 18.9 Å². The average molecular weight is 256 g/mol. The van der Waals surface area contributed by atoms with Crippen LogP contribution in [0.15, 0.2) is 42.6 Å². The first-order valence-corrected chi connectivity index (χ1v) is 5.95. The van der Waals surface area contributed by atoms with E-state index in [0.717, 1.165) is 5.69 Å². The van der Waals surface area contributed by atoms with Gasteiger partial charge in [0.15, 0.2) is 0 Å². The van der Waals surface area contributed by atoms with Crippen molar-refractivity contribution in [2.24, 2.45) is 5.73 Å². The Balaban J connectivity index is 2.42. The highest BCUT2D eigenvalue weighted by Crippen LogP contribution is 2.22. The first-order chi connectivity index (χ1) is 9.26. The molecule has 0 atom stereocenters. The van der Waals surface area contributed by atoms with Gasteiger partial charge in [-0.2, -0.15) is 0 Å². The molecule has 0 bridgehead atoms. The van der Waals surface area contributed by atoms with Crippen molar-refractivity contribution < 1.29 is 5.11 Å². The molecule has 1 aromatic heterocycles. The van der Waals surface area contributed by atoms with Crippen molar-refractivity contribution in [1.29, 1.82) is 5.41 Å². The van der Waals surface area contributed by atoms with Gasteiger partial charge in [0.25, 0.3) is 0 Å². The van der Waals surface area contributed by atoms with Gasteiger partial charge in [-0.3, -0.25) is 0 Å². The van der Waals surface area contributed by atoms with Crippen molar-refractivity contribution in [1.82, 2.24) is 4.98 Å². The molecule has 0 fully saturated rings. The fourth-order valence-corrected chi connectivity index (χ4v) is 1.83. The van der Waals surface area contributed by atoms with Crippen molar-refractivity contribution in [2.45, 2.75) is 6.61 Å². The lowest BCUT2D eigenvalue weighted by Gasteiger charge is -2.14. The number of nitrogens with two attached hydrogens (primary N) is 1. The summed E-state index contributed by atoms with van der Waals surface area (Å²) in [6.07, 6.45) is 1.60. The minimum absolute atomic E-state index is 0.0994. The molecule has 98 valence electrons. The van der Waals surface area contributed by atoms with Gasteiger partial charge in [-0.15, -0.1) is 0 Å². The molecule has 0 saturated heterocycles. The van der Waals surface area contributed by atoms with E-state index in [9.17, 15) is 5.11 Å². The van der Waals surface area contributed by atoms with E-state index in [1.807, 2.05) is 30.3 Å². The molecule has 0 aliphatic carbocycles. The van der Waals surface area contributed by atoms with Gasteiger partial charge in [-0.1, -0.05) is 18.2 Å². The van der Waals surface area contributed by atoms with E-state index < -0.39 is 0 Å². The smallest absolute Gasteiger partial charge is 0.139 e. The fourth-order valence-electron chi connectivity index (χ4n) is 1.83. The molecule has 0 amide bonds. The first-order valence-electron chi connectivity index (χ1n) is 5.95. The fraction of sp³-hybridized carbons (Fsp3) is 0.143. The van der Waals surface area contributed by atoms with Crippen LogP contribution in [0.5, 0.6) is 0 Å². The maximum absolute atomic E-state index is 9.36. The van der Waals surface area contributed by atoms with Crippen molar-refractivity contribution in [3.63, 3.8) is 0 Å². The predicted octanol–water partition coefficient (Wildman–Crippen LogP) is 1.64. The maximum Gasteiger partial charge on any atom is 0.139 e. The van der Waals surface area contributed by atoms with Gasteiger partial charge in [0.1, 0.15) is 5.82 Å². The van der Waals surface area contributed by atoms with Crippen molar-refractivity contribution in [3.05, 3.63) is 53.7 Å². The van der Waals surface area contributed by atoms with Gasteiger partial charge in [0.05, 0.1) is 12.3 Å². The molecule has 1 heterocycles. The summed E-state index contributed by atoms with van der Waals surface area (Å²) in [6, 6.07) is 11.2. The quantitative estimate of drug-likeness (QED) is 0.612. The molecule has 0 radical (unpaired) electrons. The molecule has 0 saturated carbocycles. The van der Waals surface area contributed by atoms with E-state index in [4.69, 9.17) is 11.1 Å². The van der Waals surface area contributed by atoms with Crippen LogP contribution in [0, 0.1) is 5.41 Å². The summed E-state index contributed by atoms with van der Waals surface area (Å²) in [4.78, 5) is 4.23. The van der Waals surface area contributed by atoms with Crippen LogP contribution in [0.3, 0.4) is 0 Å². The standard InChI is InChI=1S/C14H16N4O/c15-8-12(16)13-10(9-19)6-7-17-14(13)18-11-4-2-1-3-5-11/h1-7,16,19H,8-9,15H2,(H,17,18). The van der Waals surface area contributed by atoms with E-state index in [2.05, 4.69) is 10.3 Å². The number of nitrogens with zero attached hydrogens (tertiary/aromatic N) is 1. The van der Waals surface area contributed by atoms with Crippen molar-refractivity contribution in [2.75, 3.05) is 11.9 Å². The molecule has 0 unspecified atom stereocenters. The molecule has 2 rings (SSSR count). The summed E-state index contributed by atoms with van der Waals surface area (Å²) < 4.78 is 0. The van der Waals surface area contributed by atoms with Gasteiger partial charge in [0.2, 0.25) is 0 Å². The first kappa shape index (κ1) is 13.2. The number of pyridine rings is 1. The molecule has 2 aromatic rings. The Kier molecular flexibility index (Phi) is 4.22. The van der Waals surface area contributed by atoms with Gasteiger partial charge >= 0.3 is 0 Å². The molecule has 5 N–H and O–H groups in total. The van der Waals surface area contributed by atoms with E-state index in [1.165, 1.54) is 0 Å². The highest BCUT2D eigenvalue weighted by Gasteiger charge is 2.13. The Morgan fingerprint density at radius 3 is 2.63 bits per heavy atom. The van der Waals surface area contributed by atoms with Gasteiger partial charge in [0, 0.05) is 24.0 Å². The number of aliphatic hydroxyl groups is 1. The molecule has 0 aliphatic rings. The third kappa shape index (κ3) is 2.96. The van der Waals surface area contributed by atoms with Crippen LogP contribution in [0.2, 0.25) is 0 Å². The third-order valence-corrected chi connectivity index (χ3v) is 2.75. The van der Waals surface area contributed by atoms with Crippen LogP contribution in [0.4, 0.5) is 11.5 Å². The van der Waals surface area contributed by atoms with E-state index in [1.54, 1.807) is 12.3 Å². The Hall–Kier alpha value is -2.24. The lowest BCUT2D eigenvalue weighted by Crippen LogP contribution is -2.18. The molecule has 19 heavy (non-hydrogen) atoms. The lowest BCUT2D eigenvalue weighted by molar-refractivity contribution is 0.281. The molecule has 5 nitrogen and oxygen atoms in total. The third-order valence-electron chi connectivity index (χ3n) is 2.75.